The second kappa shape index (κ2) is 7.02. The van der Waals surface area contributed by atoms with Gasteiger partial charge in [0.25, 0.3) is 0 Å². The molecular weight excluding hydrogens is 380 g/mol. The molecule has 28 heavy (non-hydrogen) atoms. The van der Waals surface area contributed by atoms with E-state index in [9.17, 15) is 9.90 Å². The van der Waals surface area contributed by atoms with E-state index in [0.717, 1.165) is 15.8 Å². The van der Waals surface area contributed by atoms with E-state index in [-0.39, 0.29) is 6.03 Å². The molecule has 0 radical (unpaired) electrons. The van der Waals surface area contributed by atoms with E-state index >= 15 is 0 Å². The number of thiazole rings is 1. The predicted octanol–water partition coefficient (Wildman–Crippen LogP) is 2.48. The zero-order valence-electron chi connectivity index (χ0n) is 16.0. The molecule has 9 nitrogen and oxygen atoms in total. The highest BCUT2D eigenvalue weighted by atomic mass is 32.1. The Balaban J connectivity index is 1.62. The van der Waals surface area contributed by atoms with Crippen molar-refractivity contribution in [1.29, 1.82) is 0 Å². The normalized spacial score (nSPS) is 16.4. The summed E-state index contributed by atoms with van der Waals surface area (Å²) < 4.78 is 7.94. The number of piperidine rings is 1. The molecule has 2 amide bonds. The third kappa shape index (κ3) is 3.52. The molecule has 0 aromatic carbocycles. The molecule has 4 heterocycles. The molecule has 1 aliphatic rings. The number of ether oxygens (including phenoxy) is 1. The van der Waals surface area contributed by atoms with Crippen LogP contribution >= 0.6 is 11.3 Å². The Morgan fingerprint density at radius 3 is 2.75 bits per heavy atom. The first-order chi connectivity index (χ1) is 13.4. The van der Waals surface area contributed by atoms with Crippen LogP contribution in [-0.4, -0.2) is 61.6 Å². The van der Waals surface area contributed by atoms with Crippen molar-refractivity contribution in [2.24, 2.45) is 7.05 Å². The summed E-state index contributed by atoms with van der Waals surface area (Å²) >= 11 is 1.37. The molecule has 148 valence electrons. The second-order valence-electron chi connectivity index (χ2n) is 7.19. The summed E-state index contributed by atoms with van der Waals surface area (Å²) in [6, 6.07) is -0.218. The minimum Gasteiger partial charge on any atom is -0.479 e. The predicted molar refractivity (Wildman–Crippen MR) is 107 cm³/mol. The monoisotopic (exact) mass is 402 g/mol. The first-order valence-corrected chi connectivity index (χ1v) is 9.79. The highest BCUT2D eigenvalue weighted by Crippen LogP contribution is 2.38. The third-order valence-electron chi connectivity index (χ3n) is 4.94. The SMILES string of the molecule is COc1ncc(-c2cnn(C)c2)c2sc(NC(=O)N3CCC(C)(O)CC3)nc12. The van der Waals surface area contributed by atoms with Crippen molar-refractivity contribution in [3.05, 3.63) is 18.6 Å². The van der Waals surface area contributed by atoms with Crippen LogP contribution in [0.4, 0.5) is 9.93 Å². The van der Waals surface area contributed by atoms with Gasteiger partial charge in [-0.05, 0) is 19.8 Å². The lowest BCUT2D eigenvalue weighted by Gasteiger charge is -2.35. The maximum atomic E-state index is 12.6. The Bertz CT molecular complexity index is 1020. The van der Waals surface area contributed by atoms with Gasteiger partial charge in [-0.2, -0.15) is 5.10 Å². The number of urea groups is 1. The fourth-order valence-corrected chi connectivity index (χ4v) is 4.20. The number of nitrogens with one attached hydrogen (secondary N) is 1. The zero-order chi connectivity index (χ0) is 19.9. The van der Waals surface area contributed by atoms with Crippen LogP contribution in [0, 0.1) is 0 Å². The number of aliphatic hydroxyl groups is 1. The third-order valence-corrected chi connectivity index (χ3v) is 5.94. The summed E-state index contributed by atoms with van der Waals surface area (Å²) in [7, 11) is 3.40. The molecule has 2 N–H and O–H groups in total. The Morgan fingerprint density at radius 1 is 1.36 bits per heavy atom. The van der Waals surface area contributed by atoms with E-state index in [0.29, 0.717) is 42.5 Å². The van der Waals surface area contributed by atoms with Crippen molar-refractivity contribution >= 4 is 32.7 Å². The van der Waals surface area contributed by atoms with Crippen LogP contribution in [0.2, 0.25) is 0 Å². The molecule has 1 fully saturated rings. The van der Waals surface area contributed by atoms with Crippen LogP contribution in [0.1, 0.15) is 19.8 Å². The summed E-state index contributed by atoms with van der Waals surface area (Å²) in [4.78, 5) is 23.2. The van der Waals surface area contributed by atoms with Crippen LogP contribution in [-0.2, 0) is 7.05 Å². The van der Waals surface area contributed by atoms with E-state index < -0.39 is 5.60 Å². The molecule has 0 aliphatic carbocycles. The number of nitrogens with zero attached hydrogens (tertiary/aromatic N) is 5. The quantitative estimate of drug-likeness (QED) is 0.697. The van der Waals surface area contributed by atoms with Crippen molar-refractivity contribution in [1.82, 2.24) is 24.6 Å². The number of pyridine rings is 1. The minimum atomic E-state index is -0.704. The fourth-order valence-electron chi connectivity index (χ4n) is 3.22. The number of anilines is 1. The number of fused-ring (bicyclic) bond motifs is 1. The molecule has 1 aliphatic heterocycles. The minimum absolute atomic E-state index is 0.218. The highest BCUT2D eigenvalue weighted by Gasteiger charge is 2.30. The lowest BCUT2D eigenvalue weighted by molar-refractivity contribution is 0.00570. The second-order valence-corrected chi connectivity index (χ2v) is 8.19. The molecule has 0 saturated carbocycles. The van der Waals surface area contributed by atoms with Crippen LogP contribution in [0.5, 0.6) is 5.88 Å². The van der Waals surface area contributed by atoms with Gasteiger partial charge in [0.1, 0.15) is 5.52 Å². The van der Waals surface area contributed by atoms with E-state index in [1.807, 2.05) is 13.2 Å². The van der Waals surface area contributed by atoms with Gasteiger partial charge in [-0.1, -0.05) is 11.3 Å². The van der Waals surface area contributed by atoms with Crippen molar-refractivity contribution in [3.63, 3.8) is 0 Å². The number of likely N-dealkylation sites (tertiary alicyclic amines) is 1. The summed E-state index contributed by atoms with van der Waals surface area (Å²) in [6.07, 6.45) is 6.52. The average Bonchev–Trinajstić information content (AvgIpc) is 3.26. The molecular formula is C18H22N6O3S. The lowest BCUT2D eigenvalue weighted by atomic mass is 9.94. The molecule has 0 bridgehead atoms. The van der Waals surface area contributed by atoms with Gasteiger partial charge in [-0.3, -0.25) is 10.00 Å². The summed E-state index contributed by atoms with van der Waals surface area (Å²) in [5.74, 6) is 0.411. The Kier molecular flexibility index (Phi) is 4.68. The largest absolute Gasteiger partial charge is 0.479 e. The van der Waals surface area contributed by atoms with Crippen molar-refractivity contribution in [3.8, 4) is 17.0 Å². The number of methoxy groups -OCH3 is 1. The molecule has 10 heteroatoms. The van der Waals surface area contributed by atoms with E-state index in [4.69, 9.17) is 4.74 Å². The first kappa shape index (κ1) is 18.6. The number of carbonyl (C=O) groups excluding carboxylic acids is 1. The molecule has 0 atom stereocenters. The van der Waals surface area contributed by atoms with Crippen LogP contribution in [0.25, 0.3) is 21.3 Å². The van der Waals surface area contributed by atoms with Crippen LogP contribution in [0.3, 0.4) is 0 Å². The molecule has 0 unspecified atom stereocenters. The number of hydrogen-bond donors (Lipinski definition) is 2. The van der Waals surface area contributed by atoms with Crippen molar-refractivity contribution in [2.75, 3.05) is 25.5 Å². The summed E-state index contributed by atoms with van der Waals surface area (Å²) in [5, 5.41) is 17.6. The van der Waals surface area contributed by atoms with Gasteiger partial charge in [0.2, 0.25) is 5.88 Å². The number of aromatic nitrogens is 4. The molecule has 0 spiro atoms. The van der Waals surface area contributed by atoms with Crippen molar-refractivity contribution < 1.29 is 14.6 Å². The van der Waals surface area contributed by atoms with Crippen molar-refractivity contribution in [2.45, 2.75) is 25.4 Å². The van der Waals surface area contributed by atoms with Gasteiger partial charge in [-0.15, -0.1) is 0 Å². The smallest absolute Gasteiger partial charge is 0.323 e. The standard InChI is InChI=1S/C18H22N6O3S/c1-18(26)4-6-24(7-5-18)17(25)22-16-21-13-14(28-16)12(9-19-15(13)27-3)11-8-20-23(2)10-11/h8-10,26H,4-7H2,1-3H3,(H,21,22,25). The fraction of sp³-hybridized carbons (Fsp3) is 0.444. The maximum Gasteiger partial charge on any atom is 0.323 e. The van der Waals surface area contributed by atoms with E-state index in [1.165, 1.54) is 11.3 Å². The van der Waals surface area contributed by atoms with Gasteiger partial charge >= 0.3 is 6.03 Å². The molecule has 4 rings (SSSR count). The number of aryl methyl sites for hydroxylation is 1. The van der Waals surface area contributed by atoms with E-state index in [1.54, 1.807) is 36.0 Å². The topological polar surface area (TPSA) is 105 Å². The van der Waals surface area contributed by atoms with Gasteiger partial charge in [0, 0.05) is 43.7 Å². The highest BCUT2D eigenvalue weighted by molar-refractivity contribution is 7.23. The number of amides is 2. The number of carbonyl (C=O) groups is 1. The maximum absolute atomic E-state index is 12.6. The summed E-state index contributed by atoms with van der Waals surface area (Å²) in [6.45, 7) is 2.82. The number of rotatable bonds is 3. The van der Waals surface area contributed by atoms with Gasteiger partial charge in [0.15, 0.2) is 5.13 Å². The van der Waals surface area contributed by atoms with Crippen LogP contribution < -0.4 is 10.1 Å². The molecule has 1 saturated heterocycles. The zero-order valence-corrected chi connectivity index (χ0v) is 16.8. The van der Waals surface area contributed by atoms with Crippen LogP contribution in [0.15, 0.2) is 18.6 Å². The average molecular weight is 402 g/mol. The van der Waals surface area contributed by atoms with Gasteiger partial charge < -0.3 is 14.7 Å². The Labute approximate surface area is 166 Å². The summed E-state index contributed by atoms with van der Waals surface area (Å²) in [5.41, 5.74) is 1.70. The Hall–Kier alpha value is -2.72. The Morgan fingerprint density at radius 2 is 2.11 bits per heavy atom. The van der Waals surface area contributed by atoms with Gasteiger partial charge in [0.05, 0.1) is 23.6 Å². The lowest BCUT2D eigenvalue weighted by Crippen LogP contribution is -2.46. The van der Waals surface area contributed by atoms with E-state index in [2.05, 4.69) is 20.4 Å². The van der Waals surface area contributed by atoms with Gasteiger partial charge in [-0.25, -0.2) is 14.8 Å². The molecule has 3 aromatic rings. The number of hydrogen-bond acceptors (Lipinski definition) is 7. The first-order valence-electron chi connectivity index (χ1n) is 8.97. The molecule has 3 aromatic heterocycles.